The van der Waals surface area contributed by atoms with Gasteiger partial charge in [0.25, 0.3) is 5.91 Å². The molecule has 1 amide bonds. The molecule has 0 unspecified atom stereocenters. The molecule has 1 aromatic heterocycles. The second-order valence-corrected chi connectivity index (χ2v) is 7.54. The van der Waals surface area contributed by atoms with Crippen molar-refractivity contribution in [1.29, 1.82) is 0 Å². The van der Waals surface area contributed by atoms with E-state index in [0.29, 0.717) is 11.8 Å². The van der Waals surface area contributed by atoms with Crippen LogP contribution in [0.4, 0.5) is 8.78 Å². The zero-order chi connectivity index (χ0) is 18.2. The van der Waals surface area contributed by atoms with Crippen molar-refractivity contribution >= 4 is 15.9 Å². The second-order valence-electron chi connectivity index (χ2n) is 5.60. The third-order valence-electron chi connectivity index (χ3n) is 3.89. The first-order valence-electron chi connectivity index (χ1n) is 7.47. The Morgan fingerprint density at radius 3 is 2.36 bits per heavy atom. The topological polar surface area (TPSA) is 83.7 Å². The Hall–Kier alpha value is -2.33. The van der Waals surface area contributed by atoms with Crippen molar-refractivity contribution in [3.63, 3.8) is 0 Å². The van der Waals surface area contributed by atoms with Crippen molar-refractivity contribution in [3.8, 4) is 0 Å². The minimum absolute atomic E-state index is 0.0419. The van der Waals surface area contributed by atoms with E-state index in [2.05, 4.69) is 5.16 Å². The predicted octanol–water partition coefficient (Wildman–Crippen LogP) is 1.41. The predicted molar refractivity (Wildman–Crippen MR) is 82.3 cm³/mol. The van der Waals surface area contributed by atoms with Crippen molar-refractivity contribution in [2.24, 2.45) is 0 Å². The van der Waals surface area contributed by atoms with E-state index >= 15 is 0 Å². The molecule has 134 valence electrons. The molecule has 0 N–H and O–H groups in total. The fraction of sp³-hybridized carbons (Fsp3) is 0.333. The first kappa shape index (κ1) is 17.5. The molecule has 0 aliphatic carbocycles. The number of nitrogens with zero attached hydrogens (tertiary/aromatic N) is 3. The Kier molecular flexibility index (Phi) is 4.56. The van der Waals surface area contributed by atoms with Crippen LogP contribution in [0.25, 0.3) is 0 Å². The van der Waals surface area contributed by atoms with Crippen molar-refractivity contribution < 1.29 is 26.5 Å². The molecule has 0 saturated carbocycles. The van der Waals surface area contributed by atoms with Gasteiger partial charge in [-0.25, -0.2) is 17.2 Å². The van der Waals surface area contributed by atoms with Crippen LogP contribution in [-0.4, -0.2) is 54.9 Å². The van der Waals surface area contributed by atoms with Gasteiger partial charge in [0.15, 0.2) is 11.6 Å². The summed E-state index contributed by atoms with van der Waals surface area (Å²) in [6.07, 6.45) is 0. The van der Waals surface area contributed by atoms with E-state index in [1.807, 2.05) is 0 Å². The monoisotopic (exact) mass is 371 g/mol. The summed E-state index contributed by atoms with van der Waals surface area (Å²) in [4.78, 5) is 13.4. The number of carbonyl (C=O) groups excluding carboxylic acids is 1. The van der Waals surface area contributed by atoms with Gasteiger partial charge in [-0.2, -0.15) is 4.31 Å². The van der Waals surface area contributed by atoms with E-state index in [0.717, 1.165) is 16.4 Å². The Morgan fingerprint density at radius 1 is 1.12 bits per heavy atom. The summed E-state index contributed by atoms with van der Waals surface area (Å²) in [6, 6.07) is 3.95. The van der Waals surface area contributed by atoms with Crippen molar-refractivity contribution in [1.82, 2.24) is 14.4 Å². The maximum absolute atomic E-state index is 13.3. The fourth-order valence-electron chi connectivity index (χ4n) is 2.54. The first-order valence-corrected chi connectivity index (χ1v) is 8.91. The number of hydrogen-bond donors (Lipinski definition) is 0. The molecule has 7 nitrogen and oxygen atoms in total. The van der Waals surface area contributed by atoms with Crippen LogP contribution in [0.3, 0.4) is 0 Å². The molecule has 0 bridgehead atoms. The van der Waals surface area contributed by atoms with Gasteiger partial charge in [-0.15, -0.1) is 0 Å². The second kappa shape index (κ2) is 6.52. The number of rotatable bonds is 3. The maximum Gasteiger partial charge on any atom is 0.292 e. The lowest BCUT2D eigenvalue weighted by Gasteiger charge is -2.33. The number of piperazine rings is 1. The molecule has 2 aromatic rings. The Bertz CT molecular complexity index is 905. The largest absolute Gasteiger partial charge is 0.351 e. The van der Waals surface area contributed by atoms with E-state index in [4.69, 9.17) is 4.52 Å². The fourth-order valence-corrected chi connectivity index (χ4v) is 3.97. The normalized spacial score (nSPS) is 16.2. The number of aryl methyl sites for hydroxylation is 1. The SMILES string of the molecule is Cc1cc(C(=O)N2CCN(S(=O)(=O)c3ccc(F)c(F)c3)CC2)on1. The lowest BCUT2D eigenvalue weighted by Crippen LogP contribution is -2.50. The van der Waals surface area contributed by atoms with Gasteiger partial charge in [-0.3, -0.25) is 4.79 Å². The number of hydrogen-bond acceptors (Lipinski definition) is 5. The molecule has 1 saturated heterocycles. The first-order chi connectivity index (χ1) is 11.8. The number of carbonyl (C=O) groups is 1. The number of sulfonamides is 1. The van der Waals surface area contributed by atoms with Crippen LogP contribution in [0.2, 0.25) is 0 Å². The Balaban J connectivity index is 1.71. The van der Waals surface area contributed by atoms with Crippen LogP contribution < -0.4 is 0 Å². The quantitative estimate of drug-likeness (QED) is 0.815. The lowest BCUT2D eigenvalue weighted by molar-refractivity contribution is 0.0656. The van der Waals surface area contributed by atoms with Gasteiger partial charge in [0.1, 0.15) is 0 Å². The summed E-state index contributed by atoms with van der Waals surface area (Å²) < 4.78 is 57.4. The van der Waals surface area contributed by atoms with Crippen LogP contribution in [-0.2, 0) is 10.0 Å². The van der Waals surface area contributed by atoms with Crippen LogP contribution in [0.1, 0.15) is 16.2 Å². The standard InChI is InChI=1S/C15H15F2N3O4S/c1-10-8-14(24-18-10)15(21)19-4-6-20(7-5-19)25(22,23)11-2-3-12(16)13(17)9-11/h2-3,8-9H,4-7H2,1H3. The summed E-state index contributed by atoms with van der Waals surface area (Å²) in [5.74, 6) is -2.62. The number of aromatic nitrogens is 1. The molecule has 1 aliphatic heterocycles. The van der Waals surface area contributed by atoms with E-state index in [9.17, 15) is 22.0 Å². The van der Waals surface area contributed by atoms with Gasteiger partial charge < -0.3 is 9.42 Å². The van der Waals surface area contributed by atoms with E-state index < -0.39 is 21.7 Å². The van der Waals surface area contributed by atoms with Crippen molar-refractivity contribution in [2.45, 2.75) is 11.8 Å². The minimum atomic E-state index is -3.96. The molecule has 2 heterocycles. The highest BCUT2D eigenvalue weighted by atomic mass is 32.2. The number of amides is 1. The third-order valence-corrected chi connectivity index (χ3v) is 5.79. The average Bonchev–Trinajstić information content (AvgIpc) is 3.03. The minimum Gasteiger partial charge on any atom is -0.351 e. The van der Waals surface area contributed by atoms with E-state index in [1.54, 1.807) is 6.92 Å². The van der Waals surface area contributed by atoms with Crippen LogP contribution in [0.5, 0.6) is 0 Å². The molecule has 3 rings (SSSR count). The molecule has 1 aliphatic rings. The average molecular weight is 371 g/mol. The van der Waals surface area contributed by atoms with Gasteiger partial charge in [0.05, 0.1) is 10.6 Å². The molecule has 0 spiro atoms. The molecule has 10 heteroatoms. The highest BCUT2D eigenvalue weighted by Gasteiger charge is 2.31. The van der Waals surface area contributed by atoms with Gasteiger partial charge in [-0.1, -0.05) is 5.16 Å². The summed E-state index contributed by atoms with van der Waals surface area (Å²) in [7, 11) is -3.96. The molecule has 0 atom stereocenters. The molecule has 25 heavy (non-hydrogen) atoms. The van der Waals surface area contributed by atoms with E-state index in [-0.39, 0.29) is 42.7 Å². The lowest BCUT2D eigenvalue weighted by atomic mass is 10.3. The Labute approximate surface area is 142 Å². The zero-order valence-corrected chi connectivity index (χ0v) is 14.1. The Morgan fingerprint density at radius 2 is 1.80 bits per heavy atom. The molecule has 1 fully saturated rings. The van der Waals surface area contributed by atoms with E-state index in [1.165, 1.54) is 11.0 Å². The van der Waals surface area contributed by atoms with Gasteiger partial charge in [-0.05, 0) is 25.1 Å². The van der Waals surface area contributed by atoms with Gasteiger partial charge in [0.2, 0.25) is 15.8 Å². The van der Waals surface area contributed by atoms with Crippen molar-refractivity contribution in [2.75, 3.05) is 26.2 Å². The summed E-state index contributed by atoms with van der Waals surface area (Å²) >= 11 is 0. The van der Waals surface area contributed by atoms with Crippen LogP contribution >= 0.6 is 0 Å². The number of benzene rings is 1. The van der Waals surface area contributed by atoms with Crippen LogP contribution in [0, 0.1) is 18.6 Å². The third kappa shape index (κ3) is 3.40. The summed E-state index contributed by atoms with van der Waals surface area (Å²) in [5.41, 5.74) is 0.572. The van der Waals surface area contributed by atoms with Gasteiger partial charge in [0, 0.05) is 32.2 Å². The highest BCUT2D eigenvalue weighted by molar-refractivity contribution is 7.89. The zero-order valence-electron chi connectivity index (χ0n) is 13.3. The highest BCUT2D eigenvalue weighted by Crippen LogP contribution is 2.20. The molecular weight excluding hydrogens is 356 g/mol. The smallest absolute Gasteiger partial charge is 0.292 e. The maximum atomic E-state index is 13.3. The van der Waals surface area contributed by atoms with Gasteiger partial charge >= 0.3 is 0 Å². The summed E-state index contributed by atoms with van der Waals surface area (Å²) in [5, 5.41) is 3.65. The molecule has 1 aromatic carbocycles. The molecular formula is C15H15F2N3O4S. The molecule has 0 radical (unpaired) electrons. The summed E-state index contributed by atoms with van der Waals surface area (Å²) in [6.45, 7) is 2.08. The van der Waals surface area contributed by atoms with Crippen molar-refractivity contribution in [3.05, 3.63) is 47.4 Å². The number of halogens is 2. The van der Waals surface area contributed by atoms with Crippen LogP contribution in [0.15, 0.2) is 33.7 Å².